The van der Waals surface area contributed by atoms with Crippen LogP contribution in [-0.2, 0) is 10.2 Å². The number of methoxy groups -OCH3 is 1. The molecular weight excluding hydrogens is 304 g/mol. The zero-order valence-corrected chi connectivity index (χ0v) is 14.1. The zero-order valence-electron chi connectivity index (χ0n) is 13.3. The van der Waals surface area contributed by atoms with Crippen LogP contribution in [0.15, 0.2) is 12.1 Å². The summed E-state index contributed by atoms with van der Waals surface area (Å²) in [5, 5.41) is 10.4. The molecule has 0 aliphatic heterocycles. The van der Waals surface area contributed by atoms with Gasteiger partial charge < -0.3 is 14.6 Å². The van der Waals surface area contributed by atoms with Crippen LogP contribution in [0.2, 0.25) is 5.02 Å². The average Bonchev–Trinajstić information content (AvgIpc) is 2.48. The summed E-state index contributed by atoms with van der Waals surface area (Å²) in [5.74, 6) is 0.179. The van der Waals surface area contributed by atoms with Crippen LogP contribution in [0, 0.1) is 0 Å². The smallest absolute Gasteiger partial charge is 0.314 e. The van der Waals surface area contributed by atoms with Crippen molar-refractivity contribution < 1.29 is 19.4 Å². The number of carbonyl (C=O) groups is 1. The lowest BCUT2D eigenvalue weighted by molar-refractivity contribution is -0.145. The van der Waals surface area contributed by atoms with Crippen LogP contribution in [0.1, 0.15) is 51.5 Å². The summed E-state index contributed by atoms with van der Waals surface area (Å²) in [6.07, 6.45) is 3.96. The molecule has 122 valence electrons. The van der Waals surface area contributed by atoms with Crippen LogP contribution < -0.4 is 9.47 Å². The molecule has 1 aliphatic carbocycles. The molecule has 1 aromatic carbocycles. The van der Waals surface area contributed by atoms with E-state index in [1.165, 1.54) is 7.11 Å². The standard InChI is InChI=1S/C17H23ClO4/c1-11(2)22-15-13(9-12(18)10-14(15)21-3)17(16(19)20)7-5-4-6-8-17/h9-11H,4-8H2,1-3H3,(H,19,20). The maximum Gasteiger partial charge on any atom is 0.314 e. The Balaban J connectivity index is 2.64. The Morgan fingerprint density at radius 2 is 1.91 bits per heavy atom. The van der Waals surface area contributed by atoms with Crippen LogP contribution in [0.4, 0.5) is 0 Å². The van der Waals surface area contributed by atoms with Gasteiger partial charge in [-0.2, -0.15) is 0 Å². The lowest BCUT2D eigenvalue weighted by atomic mass is 9.69. The molecule has 1 saturated carbocycles. The van der Waals surface area contributed by atoms with Crippen molar-refractivity contribution in [3.8, 4) is 11.5 Å². The largest absolute Gasteiger partial charge is 0.493 e. The SMILES string of the molecule is COc1cc(Cl)cc(C2(C(=O)O)CCCCC2)c1OC(C)C. The number of rotatable bonds is 5. The van der Waals surface area contributed by atoms with E-state index >= 15 is 0 Å². The van der Waals surface area contributed by atoms with E-state index < -0.39 is 11.4 Å². The summed E-state index contributed by atoms with van der Waals surface area (Å²) in [6.45, 7) is 3.82. The predicted molar refractivity (Wildman–Crippen MR) is 86.2 cm³/mol. The van der Waals surface area contributed by atoms with Gasteiger partial charge in [0.2, 0.25) is 0 Å². The van der Waals surface area contributed by atoms with Gasteiger partial charge in [0, 0.05) is 16.7 Å². The molecule has 5 heteroatoms. The second-order valence-electron chi connectivity index (χ2n) is 6.10. The highest BCUT2D eigenvalue weighted by molar-refractivity contribution is 6.31. The van der Waals surface area contributed by atoms with Gasteiger partial charge in [-0.15, -0.1) is 0 Å². The van der Waals surface area contributed by atoms with Crippen molar-refractivity contribution in [2.24, 2.45) is 0 Å². The normalized spacial score (nSPS) is 17.3. The van der Waals surface area contributed by atoms with E-state index in [0.717, 1.165) is 19.3 Å². The molecule has 0 saturated heterocycles. The molecule has 2 rings (SSSR count). The second-order valence-corrected chi connectivity index (χ2v) is 6.54. The molecular formula is C17H23ClO4. The highest BCUT2D eigenvalue weighted by Gasteiger charge is 2.44. The first kappa shape index (κ1) is 16.9. The molecule has 0 radical (unpaired) electrons. The van der Waals surface area contributed by atoms with Crippen molar-refractivity contribution in [3.05, 3.63) is 22.7 Å². The highest BCUT2D eigenvalue weighted by atomic mass is 35.5. The Labute approximate surface area is 136 Å². The molecule has 0 spiro atoms. The van der Waals surface area contributed by atoms with Gasteiger partial charge in [-0.05, 0) is 32.8 Å². The average molecular weight is 327 g/mol. The number of benzene rings is 1. The number of aliphatic carboxylic acids is 1. The maximum absolute atomic E-state index is 12.1. The fraction of sp³-hybridized carbons (Fsp3) is 0.588. The topological polar surface area (TPSA) is 55.8 Å². The molecule has 1 aliphatic rings. The van der Waals surface area contributed by atoms with E-state index in [2.05, 4.69) is 0 Å². The van der Waals surface area contributed by atoms with Crippen molar-refractivity contribution in [1.29, 1.82) is 0 Å². The van der Waals surface area contributed by atoms with Gasteiger partial charge in [-0.25, -0.2) is 0 Å². The highest BCUT2D eigenvalue weighted by Crippen LogP contribution is 2.48. The predicted octanol–water partition coefficient (Wildman–Crippen LogP) is 4.42. The summed E-state index contributed by atoms with van der Waals surface area (Å²) in [6, 6.07) is 3.39. The monoisotopic (exact) mass is 326 g/mol. The quantitative estimate of drug-likeness (QED) is 0.870. The van der Waals surface area contributed by atoms with E-state index in [4.69, 9.17) is 21.1 Å². The van der Waals surface area contributed by atoms with E-state index in [0.29, 0.717) is 34.9 Å². The number of carboxylic acids is 1. The summed E-state index contributed by atoms with van der Waals surface area (Å²) < 4.78 is 11.3. The number of ether oxygens (including phenoxy) is 2. The lowest BCUT2D eigenvalue weighted by Gasteiger charge is -2.35. The molecule has 0 bridgehead atoms. The lowest BCUT2D eigenvalue weighted by Crippen LogP contribution is -2.38. The van der Waals surface area contributed by atoms with Crippen molar-refractivity contribution >= 4 is 17.6 Å². The summed E-state index contributed by atoms with van der Waals surface area (Å²) in [4.78, 5) is 12.1. The first-order valence-corrected chi connectivity index (χ1v) is 8.06. The minimum absolute atomic E-state index is 0.0803. The number of hydrogen-bond donors (Lipinski definition) is 1. The van der Waals surface area contributed by atoms with Gasteiger partial charge in [0.1, 0.15) is 0 Å². The van der Waals surface area contributed by atoms with Gasteiger partial charge in [0.15, 0.2) is 11.5 Å². The van der Waals surface area contributed by atoms with Crippen LogP contribution >= 0.6 is 11.6 Å². The minimum atomic E-state index is -0.944. The molecule has 0 aromatic heterocycles. The molecule has 0 amide bonds. The van der Waals surface area contributed by atoms with E-state index in [9.17, 15) is 9.90 Å². The first-order chi connectivity index (χ1) is 10.4. The van der Waals surface area contributed by atoms with Crippen molar-refractivity contribution in [2.45, 2.75) is 57.5 Å². The Bertz CT molecular complexity index is 548. The van der Waals surface area contributed by atoms with Crippen LogP contribution in [0.25, 0.3) is 0 Å². The van der Waals surface area contributed by atoms with Gasteiger partial charge in [-0.1, -0.05) is 30.9 Å². The van der Waals surface area contributed by atoms with Gasteiger partial charge >= 0.3 is 5.97 Å². The summed E-state index contributed by atoms with van der Waals surface area (Å²) in [7, 11) is 1.54. The molecule has 4 nitrogen and oxygen atoms in total. The Kier molecular flexibility index (Phi) is 5.22. The molecule has 1 N–H and O–H groups in total. The first-order valence-electron chi connectivity index (χ1n) is 7.69. The van der Waals surface area contributed by atoms with Crippen LogP contribution in [0.5, 0.6) is 11.5 Å². The zero-order chi connectivity index (χ0) is 16.3. The number of halogens is 1. The van der Waals surface area contributed by atoms with Gasteiger partial charge in [0.25, 0.3) is 0 Å². The fourth-order valence-electron chi connectivity index (χ4n) is 3.19. The molecule has 1 aromatic rings. The van der Waals surface area contributed by atoms with E-state index in [-0.39, 0.29) is 6.10 Å². The molecule has 22 heavy (non-hydrogen) atoms. The van der Waals surface area contributed by atoms with Crippen LogP contribution in [-0.4, -0.2) is 24.3 Å². The number of carboxylic acid groups (broad SMARTS) is 1. The van der Waals surface area contributed by atoms with Crippen molar-refractivity contribution in [2.75, 3.05) is 7.11 Å². The van der Waals surface area contributed by atoms with Gasteiger partial charge in [0.05, 0.1) is 18.6 Å². The third kappa shape index (κ3) is 3.17. The Morgan fingerprint density at radius 3 is 2.41 bits per heavy atom. The van der Waals surface area contributed by atoms with E-state index in [1.54, 1.807) is 12.1 Å². The summed E-state index contributed by atoms with van der Waals surface area (Å²) in [5.41, 5.74) is -0.307. The second kappa shape index (κ2) is 6.78. The minimum Gasteiger partial charge on any atom is -0.493 e. The number of hydrogen-bond acceptors (Lipinski definition) is 3. The summed E-state index contributed by atoms with van der Waals surface area (Å²) >= 11 is 6.19. The fourth-order valence-corrected chi connectivity index (χ4v) is 3.39. The molecule has 0 unspecified atom stereocenters. The molecule has 0 heterocycles. The third-order valence-electron chi connectivity index (χ3n) is 4.23. The third-order valence-corrected chi connectivity index (χ3v) is 4.44. The Hall–Kier alpha value is -1.42. The van der Waals surface area contributed by atoms with Crippen LogP contribution in [0.3, 0.4) is 0 Å². The van der Waals surface area contributed by atoms with E-state index in [1.807, 2.05) is 13.8 Å². The van der Waals surface area contributed by atoms with Gasteiger partial charge in [-0.3, -0.25) is 4.79 Å². The molecule has 0 atom stereocenters. The maximum atomic E-state index is 12.1. The van der Waals surface area contributed by atoms with Crippen molar-refractivity contribution in [3.63, 3.8) is 0 Å². The van der Waals surface area contributed by atoms with Crippen molar-refractivity contribution in [1.82, 2.24) is 0 Å². The molecule has 1 fully saturated rings. The Morgan fingerprint density at radius 1 is 1.27 bits per heavy atom.